The molecule has 2 aromatic carbocycles. The van der Waals surface area contributed by atoms with Gasteiger partial charge in [0.2, 0.25) is 5.88 Å². The van der Waals surface area contributed by atoms with E-state index >= 15 is 0 Å². The first-order valence-electron chi connectivity index (χ1n) is 15.6. The number of ether oxygens (including phenoxy) is 3. The van der Waals surface area contributed by atoms with E-state index in [0.29, 0.717) is 24.8 Å². The Bertz CT molecular complexity index is 1710. The van der Waals surface area contributed by atoms with Crippen LogP contribution in [0.4, 0.5) is 4.79 Å². The Morgan fingerprint density at radius 1 is 1.02 bits per heavy atom. The van der Waals surface area contributed by atoms with Gasteiger partial charge in [-0.25, -0.2) is 14.6 Å². The molecule has 10 nitrogen and oxygen atoms in total. The summed E-state index contributed by atoms with van der Waals surface area (Å²) in [7, 11) is 1.49. The lowest BCUT2D eigenvalue weighted by atomic mass is 9.86. The number of carbonyl (C=O) groups excluding carboxylic acids is 1. The highest BCUT2D eigenvalue weighted by Crippen LogP contribution is 2.42. The number of carbonyl (C=O) groups is 2. The third-order valence-corrected chi connectivity index (χ3v) is 8.81. The second-order valence-electron chi connectivity index (χ2n) is 11.4. The van der Waals surface area contributed by atoms with Crippen LogP contribution in [-0.4, -0.2) is 63.6 Å². The van der Waals surface area contributed by atoms with Crippen molar-refractivity contribution >= 4 is 12.1 Å². The smallest absolute Gasteiger partial charge is 0.407 e. The maximum atomic E-state index is 12.4. The van der Waals surface area contributed by atoms with Gasteiger partial charge in [0.05, 0.1) is 25.6 Å². The molecule has 1 aliphatic carbocycles. The zero-order valence-corrected chi connectivity index (χ0v) is 25.9. The molecular formula is C35H38N4O6. The average molecular weight is 611 g/mol. The molecule has 6 rings (SSSR count). The molecule has 1 N–H and O–H groups in total. The van der Waals surface area contributed by atoms with Gasteiger partial charge in [-0.15, -0.1) is 0 Å². The van der Waals surface area contributed by atoms with E-state index in [2.05, 4.69) is 48.4 Å². The lowest BCUT2D eigenvalue weighted by Crippen LogP contribution is -2.36. The monoisotopic (exact) mass is 610 g/mol. The van der Waals surface area contributed by atoms with Gasteiger partial charge in [0.1, 0.15) is 17.4 Å². The van der Waals surface area contributed by atoms with Crippen LogP contribution < -0.4 is 9.47 Å². The first-order valence-corrected chi connectivity index (χ1v) is 15.6. The van der Waals surface area contributed by atoms with E-state index in [9.17, 15) is 14.7 Å². The maximum Gasteiger partial charge on any atom is 0.407 e. The quantitative estimate of drug-likeness (QED) is 0.211. The highest BCUT2D eigenvalue weighted by Gasteiger charge is 2.30. The molecule has 1 aliphatic heterocycles. The van der Waals surface area contributed by atoms with Gasteiger partial charge < -0.3 is 24.2 Å². The third kappa shape index (κ3) is 5.96. The number of fused-ring (bicyclic) bond motifs is 1. The number of methoxy groups -OCH3 is 1. The summed E-state index contributed by atoms with van der Waals surface area (Å²) in [5.41, 5.74) is 6.91. The van der Waals surface area contributed by atoms with Gasteiger partial charge in [-0.05, 0) is 85.9 Å². The van der Waals surface area contributed by atoms with Crippen LogP contribution in [-0.2, 0) is 17.6 Å². The van der Waals surface area contributed by atoms with Crippen LogP contribution in [0, 0.1) is 0 Å². The van der Waals surface area contributed by atoms with Crippen molar-refractivity contribution in [2.45, 2.75) is 58.0 Å². The number of likely N-dealkylation sites (tertiary alicyclic amines) is 1. The van der Waals surface area contributed by atoms with Gasteiger partial charge in [0.25, 0.3) is 0 Å². The second-order valence-corrected chi connectivity index (χ2v) is 11.4. The number of carboxylic acid groups (broad SMARTS) is 1. The SMILES string of the molecule is CCOC(=O)c1cnn(-c2cccc(-c3cccc4c3[C@@H](Oc3ccc(C5CCN(C(=O)O)CC5)c(CC)c3)CC4)n2)c1OC. The van der Waals surface area contributed by atoms with Gasteiger partial charge in [-0.2, -0.15) is 9.78 Å². The maximum absolute atomic E-state index is 12.4. The van der Waals surface area contributed by atoms with Crippen molar-refractivity contribution in [2.24, 2.45) is 0 Å². The highest BCUT2D eigenvalue weighted by molar-refractivity contribution is 5.92. The van der Waals surface area contributed by atoms with Gasteiger partial charge in [0.15, 0.2) is 5.82 Å². The van der Waals surface area contributed by atoms with Crippen LogP contribution in [0.3, 0.4) is 0 Å². The van der Waals surface area contributed by atoms with Crippen LogP contribution in [0.2, 0.25) is 0 Å². The third-order valence-electron chi connectivity index (χ3n) is 8.81. The van der Waals surface area contributed by atoms with E-state index in [-0.39, 0.29) is 24.2 Å². The molecular weight excluding hydrogens is 572 g/mol. The molecule has 45 heavy (non-hydrogen) atoms. The molecule has 0 bridgehead atoms. The molecule has 1 amide bonds. The molecule has 2 aromatic heterocycles. The summed E-state index contributed by atoms with van der Waals surface area (Å²) >= 11 is 0. The van der Waals surface area contributed by atoms with Crippen LogP contribution in [0.25, 0.3) is 17.1 Å². The Hall–Kier alpha value is -4.86. The Morgan fingerprint density at radius 3 is 2.56 bits per heavy atom. The molecule has 1 saturated heterocycles. The van der Waals surface area contributed by atoms with Crippen molar-refractivity contribution in [3.8, 4) is 28.7 Å². The molecule has 0 spiro atoms. The Kier molecular flexibility index (Phi) is 8.73. The summed E-state index contributed by atoms with van der Waals surface area (Å²) in [4.78, 5) is 30.2. The van der Waals surface area contributed by atoms with E-state index in [1.807, 2.05) is 18.2 Å². The van der Waals surface area contributed by atoms with Gasteiger partial charge >= 0.3 is 12.1 Å². The van der Waals surface area contributed by atoms with Crippen molar-refractivity contribution in [3.05, 3.63) is 88.6 Å². The number of hydrogen-bond donors (Lipinski definition) is 1. The van der Waals surface area contributed by atoms with Crippen LogP contribution in [0.15, 0.2) is 60.8 Å². The van der Waals surface area contributed by atoms with Gasteiger partial charge in [-0.1, -0.05) is 37.3 Å². The predicted octanol–water partition coefficient (Wildman–Crippen LogP) is 6.61. The van der Waals surface area contributed by atoms with E-state index in [1.165, 1.54) is 39.6 Å². The summed E-state index contributed by atoms with van der Waals surface area (Å²) in [5.74, 6) is 1.47. The number of aryl methyl sites for hydroxylation is 2. The average Bonchev–Trinajstić information content (AvgIpc) is 3.69. The topological polar surface area (TPSA) is 116 Å². The van der Waals surface area contributed by atoms with Crippen molar-refractivity contribution in [2.75, 3.05) is 26.8 Å². The number of rotatable bonds is 9. The molecule has 0 radical (unpaired) electrons. The Labute approximate surface area is 262 Å². The van der Waals surface area contributed by atoms with E-state index in [0.717, 1.165) is 54.7 Å². The van der Waals surface area contributed by atoms with E-state index < -0.39 is 12.1 Å². The van der Waals surface area contributed by atoms with Crippen molar-refractivity contribution < 1.29 is 28.9 Å². The first-order chi connectivity index (χ1) is 21.9. The number of piperidine rings is 1. The number of aromatic nitrogens is 3. The summed E-state index contributed by atoms with van der Waals surface area (Å²) < 4.78 is 18.9. The standard InChI is InChI=1S/C35H38N4O6/c1-4-22-20-25(13-14-26(22)23-16-18-38(19-17-23)35(41)42)45-30-15-12-24-8-6-9-27(32(24)30)29-10-7-11-31(37-29)39-33(43-3)28(21-36-39)34(40)44-5-2/h6-11,13-14,20-21,23,30H,4-5,12,15-19H2,1-3H3,(H,41,42)/t30-/m0/s1. The minimum Gasteiger partial charge on any atom is -0.486 e. The minimum atomic E-state index is -0.838. The fourth-order valence-electron chi connectivity index (χ4n) is 6.63. The van der Waals surface area contributed by atoms with Crippen molar-refractivity contribution in [1.29, 1.82) is 0 Å². The number of pyridine rings is 1. The number of amides is 1. The molecule has 234 valence electrons. The summed E-state index contributed by atoms with van der Waals surface area (Å²) in [6.45, 7) is 5.29. The molecule has 2 aliphatic rings. The molecule has 1 fully saturated rings. The number of nitrogens with zero attached hydrogens (tertiary/aromatic N) is 4. The van der Waals surface area contributed by atoms with Gasteiger partial charge in [0, 0.05) is 24.2 Å². The summed E-state index contributed by atoms with van der Waals surface area (Å²) in [5, 5.41) is 13.7. The Balaban J connectivity index is 1.26. The minimum absolute atomic E-state index is 0.134. The van der Waals surface area contributed by atoms with Crippen LogP contribution in [0.1, 0.15) is 77.7 Å². The first kappa shape index (κ1) is 30.2. The molecule has 10 heteroatoms. The second kappa shape index (κ2) is 13.0. The molecule has 0 saturated carbocycles. The molecule has 0 unspecified atom stereocenters. The fraction of sp³-hybridized carbons (Fsp3) is 0.371. The molecule has 4 aromatic rings. The number of benzene rings is 2. The fourth-order valence-corrected chi connectivity index (χ4v) is 6.63. The predicted molar refractivity (Wildman–Crippen MR) is 168 cm³/mol. The number of esters is 1. The van der Waals surface area contributed by atoms with Crippen molar-refractivity contribution in [1.82, 2.24) is 19.7 Å². The summed E-state index contributed by atoms with van der Waals surface area (Å²) in [6, 6.07) is 18.4. The zero-order chi connectivity index (χ0) is 31.5. The van der Waals surface area contributed by atoms with E-state index in [4.69, 9.17) is 19.2 Å². The zero-order valence-electron chi connectivity index (χ0n) is 25.9. The lowest BCUT2D eigenvalue weighted by molar-refractivity contribution is 0.0522. The molecule has 3 heterocycles. The van der Waals surface area contributed by atoms with E-state index in [1.54, 1.807) is 6.92 Å². The number of hydrogen-bond acceptors (Lipinski definition) is 7. The molecule has 1 atom stereocenters. The lowest BCUT2D eigenvalue weighted by Gasteiger charge is -2.31. The normalized spacial score (nSPS) is 16.3. The highest BCUT2D eigenvalue weighted by atomic mass is 16.5. The Morgan fingerprint density at radius 2 is 1.82 bits per heavy atom. The largest absolute Gasteiger partial charge is 0.486 e. The van der Waals surface area contributed by atoms with Crippen LogP contribution in [0.5, 0.6) is 11.6 Å². The van der Waals surface area contributed by atoms with Crippen molar-refractivity contribution in [3.63, 3.8) is 0 Å². The van der Waals surface area contributed by atoms with Gasteiger partial charge in [-0.3, -0.25) is 0 Å². The summed E-state index contributed by atoms with van der Waals surface area (Å²) in [6.07, 6.45) is 4.77. The van der Waals surface area contributed by atoms with Crippen LogP contribution >= 0.6 is 0 Å².